The molecule has 0 aliphatic rings. The fraction of sp³-hybridized carbons (Fsp3) is 0.200. The van der Waals surface area contributed by atoms with Gasteiger partial charge in [-0.15, -0.1) is 10.2 Å². The van der Waals surface area contributed by atoms with Gasteiger partial charge in [-0.05, 0) is 6.07 Å². The van der Waals surface area contributed by atoms with Crippen LogP contribution in [0.15, 0.2) is 12.1 Å². The monoisotopic (exact) mass is 145 g/mol. The Morgan fingerprint density at radius 1 is 1.60 bits per heavy atom. The molecule has 0 aromatic carbocycles. The van der Waals surface area contributed by atoms with Crippen LogP contribution in [0.5, 0.6) is 5.88 Å². The molecule has 1 aromatic heterocycles. The Morgan fingerprint density at radius 2 is 2.40 bits per heavy atom. The van der Waals surface area contributed by atoms with Gasteiger partial charge in [-0.2, -0.15) is 8.78 Å². The molecule has 53 valence electrons. The van der Waals surface area contributed by atoms with E-state index >= 15 is 0 Å². The molecule has 0 atom stereocenters. The summed E-state index contributed by atoms with van der Waals surface area (Å²) in [6.45, 7) is -2.85. The van der Waals surface area contributed by atoms with Crippen LogP contribution in [-0.2, 0) is 0 Å². The van der Waals surface area contributed by atoms with Gasteiger partial charge in [-0.25, -0.2) is 0 Å². The number of hydrogen-bond donors (Lipinski definition) is 0. The van der Waals surface area contributed by atoms with Gasteiger partial charge in [0.1, 0.15) is 6.20 Å². The lowest BCUT2D eigenvalue weighted by molar-refractivity contribution is -0.0534. The SMILES string of the molecule is FC(F)Oc1cc[c]nn1. The summed E-state index contributed by atoms with van der Waals surface area (Å²) in [4.78, 5) is 0. The van der Waals surface area contributed by atoms with Crippen LogP contribution in [0.1, 0.15) is 0 Å². The second-order valence-electron chi connectivity index (χ2n) is 1.38. The van der Waals surface area contributed by atoms with Crippen molar-refractivity contribution in [2.24, 2.45) is 0 Å². The van der Waals surface area contributed by atoms with Gasteiger partial charge < -0.3 is 4.74 Å². The lowest BCUT2D eigenvalue weighted by Crippen LogP contribution is -2.03. The number of nitrogens with zero attached hydrogens (tertiary/aromatic N) is 2. The van der Waals surface area contributed by atoms with Crippen LogP contribution >= 0.6 is 0 Å². The van der Waals surface area contributed by atoms with Gasteiger partial charge in [0.25, 0.3) is 0 Å². The van der Waals surface area contributed by atoms with E-state index in [9.17, 15) is 8.78 Å². The summed E-state index contributed by atoms with van der Waals surface area (Å²) in [5.74, 6) is -0.200. The first kappa shape index (κ1) is 6.85. The van der Waals surface area contributed by atoms with Crippen molar-refractivity contribution >= 4 is 0 Å². The largest absolute Gasteiger partial charge is 0.415 e. The second-order valence-corrected chi connectivity index (χ2v) is 1.38. The van der Waals surface area contributed by atoms with E-state index in [-0.39, 0.29) is 5.88 Å². The number of alkyl halides is 2. The van der Waals surface area contributed by atoms with Crippen molar-refractivity contribution in [3.8, 4) is 5.88 Å². The van der Waals surface area contributed by atoms with E-state index in [4.69, 9.17) is 0 Å². The Morgan fingerprint density at radius 3 is 2.90 bits per heavy atom. The third-order valence-corrected chi connectivity index (χ3v) is 0.717. The summed E-state index contributed by atoms with van der Waals surface area (Å²) in [6.07, 6.45) is 2.32. The first-order chi connectivity index (χ1) is 4.79. The minimum absolute atomic E-state index is 0.200. The van der Waals surface area contributed by atoms with Gasteiger partial charge in [0, 0.05) is 6.07 Å². The zero-order valence-electron chi connectivity index (χ0n) is 4.79. The van der Waals surface area contributed by atoms with Crippen molar-refractivity contribution in [1.82, 2.24) is 10.2 Å². The molecule has 3 nitrogen and oxygen atoms in total. The van der Waals surface area contributed by atoms with Gasteiger partial charge in [0.2, 0.25) is 5.88 Å². The van der Waals surface area contributed by atoms with Crippen LogP contribution in [0, 0.1) is 6.20 Å². The van der Waals surface area contributed by atoms with Gasteiger partial charge in [-0.1, -0.05) is 0 Å². The third-order valence-electron chi connectivity index (χ3n) is 0.717. The third kappa shape index (κ3) is 1.93. The van der Waals surface area contributed by atoms with Crippen molar-refractivity contribution in [3.05, 3.63) is 18.3 Å². The molecule has 0 amide bonds. The Hall–Kier alpha value is -1.26. The summed E-state index contributed by atoms with van der Waals surface area (Å²) >= 11 is 0. The normalized spacial score (nSPS) is 9.90. The quantitative estimate of drug-likeness (QED) is 0.619. The predicted molar refractivity (Wildman–Crippen MR) is 27.5 cm³/mol. The molecule has 0 saturated heterocycles. The zero-order valence-corrected chi connectivity index (χ0v) is 4.79. The second kappa shape index (κ2) is 3.05. The average molecular weight is 145 g/mol. The van der Waals surface area contributed by atoms with Gasteiger partial charge >= 0.3 is 6.61 Å². The molecule has 0 N–H and O–H groups in total. The Bertz CT molecular complexity index is 192. The summed E-state index contributed by atoms with van der Waals surface area (Å²) in [5, 5.41) is 6.42. The summed E-state index contributed by atoms with van der Waals surface area (Å²) in [6, 6.07) is 2.59. The van der Waals surface area contributed by atoms with E-state index in [1.54, 1.807) is 0 Å². The highest BCUT2D eigenvalue weighted by molar-refractivity contribution is 5.04. The first-order valence-corrected chi connectivity index (χ1v) is 2.43. The molecule has 1 aromatic rings. The summed E-state index contributed by atoms with van der Waals surface area (Å²) in [5.41, 5.74) is 0. The number of rotatable bonds is 2. The molecule has 0 fully saturated rings. The van der Waals surface area contributed by atoms with Crippen molar-refractivity contribution in [2.75, 3.05) is 0 Å². The highest BCUT2D eigenvalue weighted by Gasteiger charge is 2.03. The standard InChI is InChI=1S/C5H3F2N2O/c6-5(7)10-4-2-1-3-8-9-4/h1-2,5H. The maximum atomic E-state index is 11.4. The zero-order chi connectivity index (χ0) is 7.40. The number of hydrogen-bond acceptors (Lipinski definition) is 3. The number of ether oxygens (including phenoxy) is 1. The van der Waals surface area contributed by atoms with E-state index in [0.717, 1.165) is 0 Å². The molecule has 10 heavy (non-hydrogen) atoms. The van der Waals surface area contributed by atoms with Crippen molar-refractivity contribution in [2.45, 2.75) is 6.61 Å². The lowest BCUT2D eigenvalue weighted by Gasteiger charge is -1.98. The molecule has 1 heterocycles. The predicted octanol–water partition coefficient (Wildman–Crippen LogP) is 0.878. The smallest absolute Gasteiger partial charge is 0.388 e. The van der Waals surface area contributed by atoms with Crippen molar-refractivity contribution < 1.29 is 13.5 Å². The molecule has 1 radical (unpaired) electrons. The molecule has 0 unspecified atom stereocenters. The first-order valence-electron chi connectivity index (χ1n) is 2.43. The molecule has 5 heteroatoms. The molecular weight excluding hydrogens is 142 g/mol. The Labute approximate surface area is 55.6 Å². The molecule has 0 saturated carbocycles. The minimum Gasteiger partial charge on any atom is -0.415 e. The molecular formula is C5H3F2N2O. The van der Waals surface area contributed by atoms with E-state index in [1.807, 2.05) is 0 Å². The van der Waals surface area contributed by atoms with E-state index < -0.39 is 6.61 Å². The number of aromatic nitrogens is 2. The van der Waals surface area contributed by atoms with Crippen LogP contribution in [-0.4, -0.2) is 16.8 Å². The topological polar surface area (TPSA) is 35.0 Å². The van der Waals surface area contributed by atoms with Crippen LogP contribution < -0.4 is 4.74 Å². The molecule has 0 aliphatic carbocycles. The van der Waals surface area contributed by atoms with Crippen LogP contribution in [0.3, 0.4) is 0 Å². The maximum absolute atomic E-state index is 11.4. The fourth-order valence-electron chi connectivity index (χ4n) is 0.407. The highest BCUT2D eigenvalue weighted by atomic mass is 19.3. The van der Waals surface area contributed by atoms with Crippen molar-refractivity contribution in [3.63, 3.8) is 0 Å². The van der Waals surface area contributed by atoms with Crippen LogP contribution in [0.4, 0.5) is 8.78 Å². The van der Waals surface area contributed by atoms with E-state index in [1.165, 1.54) is 12.1 Å². The molecule has 0 aliphatic heterocycles. The molecule has 1 rings (SSSR count). The van der Waals surface area contributed by atoms with Gasteiger partial charge in [0.15, 0.2) is 0 Å². The molecule has 0 bridgehead atoms. The lowest BCUT2D eigenvalue weighted by atomic mass is 10.6. The Balaban J connectivity index is 2.59. The molecule has 0 spiro atoms. The summed E-state index contributed by atoms with van der Waals surface area (Å²) in [7, 11) is 0. The van der Waals surface area contributed by atoms with E-state index in [0.29, 0.717) is 0 Å². The minimum atomic E-state index is -2.85. The average Bonchev–Trinajstić information content (AvgIpc) is 1.88. The maximum Gasteiger partial charge on any atom is 0.388 e. The fourth-order valence-corrected chi connectivity index (χ4v) is 0.407. The van der Waals surface area contributed by atoms with Gasteiger partial charge in [0.05, 0.1) is 0 Å². The van der Waals surface area contributed by atoms with Crippen molar-refractivity contribution in [1.29, 1.82) is 0 Å². The summed E-state index contributed by atoms with van der Waals surface area (Å²) < 4.78 is 26.7. The Kier molecular flexibility index (Phi) is 2.09. The highest BCUT2D eigenvalue weighted by Crippen LogP contribution is 2.05. The number of halogens is 2. The van der Waals surface area contributed by atoms with E-state index in [2.05, 4.69) is 21.1 Å². The van der Waals surface area contributed by atoms with Crippen LogP contribution in [0.2, 0.25) is 0 Å². The van der Waals surface area contributed by atoms with Crippen LogP contribution in [0.25, 0.3) is 0 Å². The van der Waals surface area contributed by atoms with Gasteiger partial charge in [-0.3, -0.25) is 0 Å².